The van der Waals surface area contributed by atoms with Crippen LogP contribution in [-0.2, 0) is 4.79 Å². The molecule has 1 amide bonds. The van der Waals surface area contributed by atoms with Gasteiger partial charge in [0, 0.05) is 35.5 Å². The monoisotopic (exact) mass is 320 g/mol. The van der Waals surface area contributed by atoms with Gasteiger partial charge in [-0.3, -0.25) is 9.59 Å². The SMILES string of the molecule is [N-]=[N+]=NCC1CC(=O)N(c2ccccc2C(=O)c2ccccc2)C1. The molecule has 0 N–H and O–H groups in total. The Balaban J connectivity index is 1.91. The summed E-state index contributed by atoms with van der Waals surface area (Å²) in [5.74, 6) is -0.188. The van der Waals surface area contributed by atoms with Crippen molar-refractivity contribution in [2.45, 2.75) is 6.42 Å². The van der Waals surface area contributed by atoms with Gasteiger partial charge in [0.15, 0.2) is 5.78 Å². The zero-order valence-electron chi connectivity index (χ0n) is 13.0. The largest absolute Gasteiger partial charge is 0.311 e. The van der Waals surface area contributed by atoms with E-state index in [0.29, 0.717) is 29.8 Å². The van der Waals surface area contributed by atoms with E-state index in [-0.39, 0.29) is 24.2 Å². The molecule has 120 valence electrons. The van der Waals surface area contributed by atoms with Crippen LogP contribution < -0.4 is 4.90 Å². The fourth-order valence-electron chi connectivity index (χ4n) is 2.93. The maximum atomic E-state index is 12.8. The minimum absolute atomic E-state index is 0.0201. The first-order valence-corrected chi connectivity index (χ1v) is 7.70. The van der Waals surface area contributed by atoms with Gasteiger partial charge in [-0.1, -0.05) is 47.6 Å². The van der Waals surface area contributed by atoms with Gasteiger partial charge in [0.2, 0.25) is 5.91 Å². The molecule has 0 spiro atoms. The zero-order valence-corrected chi connectivity index (χ0v) is 13.0. The molecular formula is C18H16N4O2. The quantitative estimate of drug-likeness (QED) is 0.365. The molecule has 3 rings (SSSR count). The summed E-state index contributed by atoms with van der Waals surface area (Å²) in [4.78, 5) is 29.5. The molecular weight excluding hydrogens is 304 g/mol. The number of benzene rings is 2. The highest BCUT2D eigenvalue weighted by Crippen LogP contribution is 2.29. The first-order chi connectivity index (χ1) is 11.7. The number of rotatable bonds is 5. The lowest BCUT2D eigenvalue weighted by atomic mass is 10.0. The Hall–Kier alpha value is -3.11. The number of para-hydroxylation sites is 1. The van der Waals surface area contributed by atoms with E-state index in [9.17, 15) is 9.59 Å². The lowest BCUT2D eigenvalue weighted by Crippen LogP contribution is -2.26. The molecule has 1 heterocycles. The average molecular weight is 320 g/mol. The number of hydrogen-bond donors (Lipinski definition) is 0. The van der Waals surface area contributed by atoms with Crippen LogP contribution in [0.4, 0.5) is 5.69 Å². The minimum atomic E-state index is -0.113. The number of amides is 1. The van der Waals surface area contributed by atoms with E-state index in [4.69, 9.17) is 5.53 Å². The number of carbonyl (C=O) groups excluding carboxylic acids is 2. The van der Waals surface area contributed by atoms with E-state index in [1.807, 2.05) is 24.3 Å². The summed E-state index contributed by atoms with van der Waals surface area (Å²) in [6.07, 6.45) is 0.326. The van der Waals surface area contributed by atoms with Gasteiger partial charge in [-0.15, -0.1) is 0 Å². The predicted molar refractivity (Wildman–Crippen MR) is 90.8 cm³/mol. The molecule has 6 nitrogen and oxygen atoms in total. The fraction of sp³-hybridized carbons (Fsp3) is 0.222. The molecule has 2 aromatic rings. The van der Waals surface area contributed by atoms with Gasteiger partial charge in [-0.2, -0.15) is 0 Å². The van der Waals surface area contributed by atoms with Crippen molar-refractivity contribution in [1.82, 2.24) is 0 Å². The van der Waals surface area contributed by atoms with Crippen molar-refractivity contribution < 1.29 is 9.59 Å². The standard InChI is InChI=1S/C18H16N4O2/c19-21-20-11-13-10-17(23)22(12-13)16-9-5-4-8-15(16)18(24)14-6-2-1-3-7-14/h1-9,13H,10-12H2. The van der Waals surface area contributed by atoms with Gasteiger partial charge in [0.25, 0.3) is 0 Å². The number of anilines is 1. The van der Waals surface area contributed by atoms with Gasteiger partial charge in [0.1, 0.15) is 0 Å². The number of hydrogen-bond acceptors (Lipinski definition) is 3. The van der Waals surface area contributed by atoms with Crippen molar-refractivity contribution in [2.24, 2.45) is 11.0 Å². The van der Waals surface area contributed by atoms with Crippen molar-refractivity contribution in [3.8, 4) is 0 Å². The zero-order chi connectivity index (χ0) is 16.9. The molecule has 0 bridgehead atoms. The third-order valence-corrected chi connectivity index (χ3v) is 4.08. The Morgan fingerprint density at radius 3 is 2.62 bits per heavy atom. The molecule has 0 radical (unpaired) electrons. The Labute approximate surface area is 139 Å². The number of ketones is 1. The van der Waals surface area contributed by atoms with Crippen LogP contribution in [0, 0.1) is 5.92 Å². The molecule has 0 aliphatic carbocycles. The fourth-order valence-corrected chi connectivity index (χ4v) is 2.93. The number of carbonyl (C=O) groups is 2. The molecule has 1 aliphatic rings. The summed E-state index contributed by atoms with van der Waals surface area (Å²) in [6.45, 7) is 0.741. The number of nitrogens with zero attached hydrogens (tertiary/aromatic N) is 4. The molecule has 1 atom stereocenters. The van der Waals surface area contributed by atoms with Gasteiger partial charge < -0.3 is 4.90 Å². The van der Waals surface area contributed by atoms with Crippen LogP contribution in [-0.4, -0.2) is 24.8 Å². The Morgan fingerprint density at radius 2 is 1.88 bits per heavy atom. The first-order valence-electron chi connectivity index (χ1n) is 7.70. The van der Waals surface area contributed by atoms with Crippen LogP contribution in [0.3, 0.4) is 0 Å². The van der Waals surface area contributed by atoms with E-state index in [0.717, 1.165) is 0 Å². The van der Waals surface area contributed by atoms with Crippen molar-refractivity contribution in [2.75, 3.05) is 18.0 Å². The molecule has 0 saturated carbocycles. The van der Waals surface area contributed by atoms with Crippen molar-refractivity contribution in [3.63, 3.8) is 0 Å². The topological polar surface area (TPSA) is 86.1 Å². The molecule has 24 heavy (non-hydrogen) atoms. The summed E-state index contributed by atoms with van der Waals surface area (Å²) in [6, 6.07) is 16.1. The smallest absolute Gasteiger partial charge is 0.227 e. The maximum absolute atomic E-state index is 12.8. The van der Waals surface area contributed by atoms with Crippen LogP contribution >= 0.6 is 0 Å². The van der Waals surface area contributed by atoms with Crippen molar-refractivity contribution >= 4 is 17.4 Å². The average Bonchev–Trinajstić information content (AvgIpc) is 3.00. The highest BCUT2D eigenvalue weighted by Gasteiger charge is 2.32. The summed E-state index contributed by atoms with van der Waals surface area (Å²) < 4.78 is 0. The van der Waals surface area contributed by atoms with Crippen LogP contribution in [0.25, 0.3) is 10.4 Å². The normalized spacial score (nSPS) is 16.8. The van der Waals surface area contributed by atoms with Crippen LogP contribution in [0.5, 0.6) is 0 Å². The highest BCUT2D eigenvalue weighted by molar-refractivity contribution is 6.14. The van der Waals surface area contributed by atoms with Gasteiger partial charge in [-0.05, 0) is 23.6 Å². The predicted octanol–water partition coefficient (Wildman–Crippen LogP) is 3.58. The summed E-state index contributed by atoms with van der Waals surface area (Å²) in [5.41, 5.74) is 10.1. The van der Waals surface area contributed by atoms with Crippen LogP contribution in [0.2, 0.25) is 0 Å². The van der Waals surface area contributed by atoms with Crippen LogP contribution in [0.15, 0.2) is 59.7 Å². The molecule has 0 aromatic heterocycles. The van der Waals surface area contributed by atoms with E-state index in [2.05, 4.69) is 10.0 Å². The van der Waals surface area contributed by atoms with E-state index in [1.165, 1.54) is 0 Å². The molecule has 1 saturated heterocycles. The van der Waals surface area contributed by atoms with Gasteiger partial charge >= 0.3 is 0 Å². The molecule has 1 aliphatic heterocycles. The summed E-state index contributed by atoms with van der Waals surface area (Å²) in [5, 5.41) is 3.56. The van der Waals surface area contributed by atoms with E-state index >= 15 is 0 Å². The molecule has 6 heteroatoms. The second-order valence-corrected chi connectivity index (χ2v) is 5.70. The van der Waals surface area contributed by atoms with E-state index in [1.54, 1.807) is 35.2 Å². The number of azide groups is 1. The Kier molecular flexibility index (Phi) is 4.59. The van der Waals surface area contributed by atoms with Crippen molar-refractivity contribution in [1.29, 1.82) is 0 Å². The van der Waals surface area contributed by atoms with Gasteiger partial charge in [-0.25, -0.2) is 0 Å². The summed E-state index contributed by atoms with van der Waals surface area (Å²) >= 11 is 0. The maximum Gasteiger partial charge on any atom is 0.227 e. The lowest BCUT2D eigenvalue weighted by molar-refractivity contribution is -0.117. The Bertz CT molecular complexity index is 813. The summed E-state index contributed by atoms with van der Waals surface area (Å²) in [7, 11) is 0. The highest BCUT2D eigenvalue weighted by atomic mass is 16.2. The van der Waals surface area contributed by atoms with E-state index < -0.39 is 0 Å². The molecule has 1 fully saturated rings. The third-order valence-electron chi connectivity index (χ3n) is 4.08. The molecule has 2 aromatic carbocycles. The molecule has 1 unspecified atom stereocenters. The third kappa shape index (κ3) is 3.14. The van der Waals surface area contributed by atoms with Gasteiger partial charge in [0.05, 0.1) is 5.69 Å². The van der Waals surface area contributed by atoms with Crippen LogP contribution in [0.1, 0.15) is 22.3 Å². The minimum Gasteiger partial charge on any atom is -0.311 e. The van der Waals surface area contributed by atoms with Crippen molar-refractivity contribution in [3.05, 3.63) is 76.2 Å². The Morgan fingerprint density at radius 1 is 1.17 bits per heavy atom. The second-order valence-electron chi connectivity index (χ2n) is 5.70. The second kappa shape index (κ2) is 6.98. The first kappa shape index (κ1) is 15.8. The lowest BCUT2D eigenvalue weighted by Gasteiger charge is -2.19.